The molecule has 1 fully saturated rings. The van der Waals surface area contributed by atoms with Crippen molar-refractivity contribution in [2.45, 2.75) is 6.18 Å². The van der Waals surface area contributed by atoms with Crippen LogP contribution in [-0.2, 0) is 11.0 Å². The monoisotopic (exact) mass is 311 g/mol. The summed E-state index contributed by atoms with van der Waals surface area (Å²) in [4.78, 5) is 12.6. The molecule has 1 aromatic rings. The molecule has 18 heavy (non-hydrogen) atoms. The fraction of sp³-hybridized carbons (Fsp3) is 0.200. The third kappa shape index (κ3) is 2.48. The van der Waals surface area contributed by atoms with E-state index >= 15 is 0 Å². The van der Waals surface area contributed by atoms with Crippen molar-refractivity contribution < 1.29 is 18.0 Å². The van der Waals surface area contributed by atoms with E-state index in [2.05, 4.69) is 0 Å². The van der Waals surface area contributed by atoms with Gasteiger partial charge < -0.3 is 0 Å². The molecular weight excluding hydrogens is 307 g/mol. The minimum atomic E-state index is -4.49. The minimum Gasteiger partial charge on any atom is -0.273 e. The third-order valence-corrected chi connectivity index (χ3v) is 3.94. The maximum absolute atomic E-state index is 12.6. The highest BCUT2D eigenvalue weighted by molar-refractivity contribution is 8.24. The van der Waals surface area contributed by atoms with Gasteiger partial charge in [0.05, 0.1) is 22.0 Å². The van der Waals surface area contributed by atoms with E-state index < -0.39 is 11.7 Å². The molecule has 0 aromatic heterocycles. The molecule has 1 amide bonds. The molecule has 0 radical (unpaired) electrons. The maximum atomic E-state index is 12.6. The van der Waals surface area contributed by atoms with Crippen LogP contribution in [0.2, 0.25) is 5.02 Å². The summed E-state index contributed by atoms with van der Waals surface area (Å²) in [5.74, 6) is -0.253. The van der Waals surface area contributed by atoms with E-state index in [1.165, 1.54) is 0 Å². The van der Waals surface area contributed by atoms with Crippen LogP contribution in [0.4, 0.5) is 18.9 Å². The number of anilines is 1. The Morgan fingerprint density at radius 2 is 2.06 bits per heavy atom. The number of benzene rings is 1. The molecule has 0 atom stereocenters. The van der Waals surface area contributed by atoms with Crippen LogP contribution < -0.4 is 4.90 Å². The minimum absolute atomic E-state index is 0.0218. The molecule has 0 aliphatic carbocycles. The zero-order valence-corrected chi connectivity index (χ0v) is 11.0. The number of carbonyl (C=O) groups excluding carboxylic acids is 1. The van der Waals surface area contributed by atoms with Crippen LogP contribution >= 0.6 is 35.6 Å². The molecule has 0 N–H and O–H groups in total. The van der Waals surface area contributed by atoms with Crippen molar-refractivity contribution in [3.8, 4) is 0 Å². The average Bonchev–Trinajstić information content (AvgIpc) is 2.58. The van der Waals surface area contributed by atoms with Crippen LogP contribution in [0.1, 0.15) is 5.56 Å². The number of thioether (sulfide) groups is 1. The van der Waals surface area contributed by atoms with Gasteiger partial charge in [-0.15, -0.1) is 0 Å². The van der Waals surface area contributed by atoms with Gasteiger partial charge in [-0.1, -0.05) is 35.6 Å². The topological polar surface area (TPSA) is 20.3 Å². The summed E-state index contributed by atoms with van der Waals surface area (Å²) < 4.78 is 38.0. The average molecular weight is 312 g/mol. The number of thiocarbonyl (C=S) groups is 1. The highest BCUT2D eigenvalue weighted by Crippen LogP contribution is 2.37. The van der Waals surface area contributed by atoms with E-state index in [1.807, 2.05) is 0 Å². The molecule has 2 rings (SSSR count). The summed E-state index contributed by atoms with van der Waals surface area (Å²) in [7, 11) is 0. The summed E-state index contributed by atoms with van der Waals surface area (Å²) >= 11 is 11.8. The van der Waals surface area contributed by atoms with E-state index in [4.69, 9.17) is 23.8 Å². The molecular formula is C10H5ClF3NOS2. The van der Waals surface area contributed by atoms with Crippen molar-refractivity contribution in [3.05, 3.63) is 28.8 Å². The normalized spacial score (nSPS) is 16.6. The number of hydrogen-bond donors (Lipinski definition) is 0. The van der Waals surface area contributed by atoms with E-state index in [-0.39, 0.29) is 26.7 Å². The molecule has 1 saturated heterocycles. The molecule has 0 unspecified atom stereocenters. The third-order valence-electron chi connectivity index (χ3n) is 2.27. The van der Waals surface area contributed by atoms with Crippen LogP contribution in [0.5, 0.6) is 0 Å². The number of hydrogen-bond acceptors (Lipinski definition) is 3. The lowest BCUT2D eigenvalue weighted by molar-refractivity contribution is -0.137. The second-order valence-corrected chi connectivity index (χ2v) is 5.46. The Labute approximate surface area is 115 Å². The van der Waals surface area contributed by atoms with E-state index in [0.717, 1.165) is 34.9 Å². The van der Waals surface area contributed by atoms with Gasteiger partial charge >= 0.3 is 6.18 Å². The smallest absolute Gasteiger partial charge is 0.273 e. The van der Waals surface area contributed by atoms with Crippen LogP contribution in [0, 0.1) is 0 Å². The van der Waals surface area contributed by atoms with Gasteiger partial charge in [0.15, 0.2) is 0 Å². The number of alkyl halides is 3. The van der Waals surface area contributed by atoms with Gasteiger partial charge in [0, 0.05) is 0 Å². The lowest BCUT2D eigenvalue weighted by Gasteiger charge is -2.18. The predicted octanol–water partition coefficient (Wildman–Crippen LogP) is 3.72. The molecule has 0 spiro atoms. The van der Waals surface area contributed by atoms with Gasteiger partial charge in [-0.2, -0.15) is 13.2 Å². The van der Waals surface area contributed by atoms with E-state index in [1.54, 1.807) is 0 Å². The van der Waals surface area contributed by atoms with Crippen LogP contribution in [0.15, 0.2) is 18.2 Å². The Morgan fingerprint density at radius 3 is 2.56 bits per heavy atom. The molecule has 2 nitrogen and oxygen atoms in total. The van der Waals surface area contributed by atoms with Crippen LogP contribution in [0.25, 0.3) is 0 Å². The molecule has 0 saturated carbocycles. The van der Waals surface area contributed by atoms with E-state index in [0.29, 0.717) is 0 Å². The van der Waals surface area contributed by atoms with Gasteiger partial charge in [-0.3, -0.25) is 9.69 Å². The Balaban J connectivity index is 2.50. The zero-order valence-electron chi connectivity index (χ0n) is 8.62. The predicted molar refractivity (Wildman–Crippen MR) is 69.0 cm³/mol. The van der Waals surface area contributed by atoms with Crippen molar-refractivity contribution in [3.63, 3.8) is 0 Å². The van der Waals surface area contributed by atoms with Gasteiger partial charge in [-0.25, -0.2) is 0 Å². The number of amides is 1. The molecule has 1 heterocycles. The zero-order chi connectivity index (χ0) is 13.5. The quantitative estimate of drug-likeness (QED) is 0.737. The highest BCUT2D eigenvalue weighted by Gasteiger charge is 2.34. The van der Waals surface area contributed by atoms with Gasteiger partial charge in [0.1, 0.15) is 4.32 Å². The first-order chi connectivity index (χ1) is 8.30. The molecule has 8 heteroatoms. The van der Waals surface area contributed by atoms with Gasteiger partial charge in [0.2, 0.25) is 5.91 Å². The SMILES string of the molecule is O=C1CSC(=S)N1c1cc(C(F)(F)F)ccc1Cl. The molecule has 0 bridgehead atoms. The lowest BCUT2D eigenvalue weighted by Crippen LogP contribution is -2.28. The van der Waals surface area contributed by atoms with Crippen molar-refractivity contribution in [2.75, 3.05) is 10.7 Å². The number of rotatable bonds is 1. The Hall–Kier alpha value is -0.790. The fourth-order valence-corrected chi connectivity index (χ4v) is 2.73. The summed E-state index contributed by atoms with van der Waals surface area (Å²) in [6, 6.07) is 2.81. The van der Waals surface area contributed by atoms with Gasteiger partial charge in [0.25, 0.3) is 0 Å². The fourth-order valence-electron chi connectivity index (χ4n) is 1.45. The first kappa shape index (κ1) is 13.6. The van der Waals surface area contributed by atoms with Crippen molar-refractivity contribution in [2.24, 2.45) is 0 Å². The molecule has 1 aromatic carbocycles. The van der Waals surface area contributed by atoms with Gasteiger partial charge in [-0.05, 0) is 18.2 Å². The first-order valence-corrected chi connectivity index (χ1v) is 6.44. The largest absolute Gasteiger partial charge is 0.416 e. The lowest BCUT2D eigenvalue weighted by atomic mass is 10.2. The standard InChI is InChI=1S/C10H5ClF3NOS2/c11-6-2-1-5(10(12,13)14)3-7(6)15-8(16)4-18-9(15)17/h1-3H,4H2. The number of carbonyl (C=O) groups is 1. The summed E-state index contributed by atoms with van der Waals surface area (Å²) in [6.45, 7) is 0. The van der Waals surface area contributed by atoms with E-state index in [9.17, 15) is 18.0 Å². The second-order valence-electron chi connectivity index (χ2n) is 3.45. The summed E-state index contributed by atoms with van der Waals surface area (Å²) in [5, 5.41) is 0.0567. The Bertz CT molecular complexity index is 516. The number of nitrogens with zero attached hydrogens (tertiary/aromatic N) is 1. The highest BCUT2D eigenvalue weighted by atomic mass is 35.5. The van der Waals surface area contributed by atoms with Crippen LogP contribution in [0.3, 0.4) is 0 Å². The second kappa shape index (κ2) is 4.71. The Morgan fingerprint density at radius 1 is 1.39 bits per heavy atom. The number of halogens is 4. The molecule has 1 aliphatic rings. The molecule has 96 valence electrons. The van der Waals surface area contributed by atoms with Crippen molar-refractivity contribution in [1.82, 2.24) is 0 Å². The molecule has 1 aliphatic heterocycles. The summed E-state index contributed by atoms with van der Waals surface area (Å²) in [5.41, 5.74) is -0.888. The van der Waals surface area contributed by atoms with Crippen molar-refractivity contribution >= 4 is 51.5 Å². The first-order valence-electron chi connectivity index (χ1n) is 4.67. The maximum Gasteiger partial charge on any atom is 0.416 e. The van der Waals surface area contributed by atoms with Crippen molar-refractivity contribution in [1.29, 1.82) is 0 Å². The Kier molecular flexibility index (Phi) is 3.57. The summed E-state index contributed by atoms with van der Waals surface area (Å²) in [6.07, 6.45) is -4.49. The van der Waals surface area contributed by atoms with Crippen LogP contribution in [-0.4, -0.2) is 16.0 Å².